The second-order valence-corrected chi connectivity index (χ2v) is 10.4. The lowest BCUT2D eigenvalue weighted by molar-refractivity contribution is -0.142. The summed E-state index contributed by atoms with van der Waals surface area (Å²) in [5, 5.41) is 6.92. The minimum absolute atomic E-state index is 0.0620. The third-order valence-corrected chi connectivity index (χ3v) is 7.61. The summed E-state index contributed by atoms with van der Waals surface area (Å²) in [7, 11) is 1.61. The minimum atomic E-state index is -0.687. The summed E-state index contributed by atoms with van der Waals surface area (Å²) >= 11 is 0. The van der Waals surface area contributed by atoms with Crippen molar-refractivity contribution in [3.05, 3.63) is 23.5 Å². The molecule has 6 atom stereocenters. The molecule has 0 aromatic heterocycles. The van der Waals surface area contributed by atoms with E-state index >= 15 is 0 Å². The second kappa shape index (κ2) is 8.50. The molecule has 2 N–H and O–H groups in total. The molecule has 1 amide bonds. The largest absolute Gasteiger partial charge is 0.498 e. The van der Waals surface area contributed by atoms with E-state index in [1.54, 1.807) is 13.2 Å². The van der Waals surface area contributed by atoms with Gasteiger partial charge in [-0.1, -0.05) is 0 Å². The van der Waals surface area contributed by atoms with Gasteiger partial charge in [0.15, 0.2) is 5.79 Å². The van der Waals surface area contributed by atoms with Crippen molar-refractivity contribution in [3.63, 3.8) is 0 Å². The zero-order valence-electron chi connectivity index (χ0n) is 19.1. The van der Waals surface area contributed by atoms with Crippen LogP contribution in [0.15, 0.2) is 23.5 Å². The van der Waals surface area contributed by atoms with Crippen LogP contribution in [-0.2, 0) is 19.0 Å². The molecule has 1 aliphatic carbocycles. The molecular weight excluding hydrogens is 394 g/mol. The Morgan fingerprint density at radius 3 is 2.77 bits per heavy atom. The predicted octanol–water partition coefficient (Wildman–Crippen LogP) is 2.09. The van der Waals surface area contributed by atoms with Crippen molar-refractivity contribution in [2.45, 2.75) is 88.5 Å². The van der Waals surface area contributed by atoms with Crippen LogP contribution in [0.2, 0.25) is 0 Å². The summed E-state index contributed by atoms with van der Waals surface area (Å²) in [6.45, 7) is 6.79. The molecule has 31 heavy (non-hydrogen) atoms. The Bertz CT molecular complexity index is 752. The van der Waals surface area contributed by atoms with Gasteiger partial charge in [-0.3, -0.25) is 9.69 Å². The van der Waals surface area contributed by atoms with E-state index in [9.17, 15) is 4.79 Å². The number of carbonyl (C=O) groups is 1. The highest BCUT2D eigenvalue weighted by molar-refractivity contribution is 5.96. The normalized spacial score (nSPS) is 39.1. The van der Waals surface area contributed by atoms with Crippen molar-refractivity contribution in [3.8, 4) is 0 Å². The van der Waals surface area contributed by atoms with Crippen LogP contribution in [0.25, 0.3) is 0 Å². The molecule has 7 nitrogen and oxygen atoms in total. The molecule has 5 rings (SSSR count). The van der Waals surface area contributed by atoms with Gasteiger partial charge in [0.25, 0.3) is 5.91 Å². The van der Waals surface area contributed by atoms with Crippen molar-refractivity contribution >= 4 is 5.91 Å². The molecular formula is C24H37N3O4. The van der Waals surface area contributed by atoms with Crippen LogP contribution in [0.1, 0.15) is 52.4 Å². The lowest BCUT2D eigenvalue weighted by Gasteiger charge is -2.34. The van der Waals surface area contributed by atoms with Gasteiger partial charge >= 0.3 is 0 Å². The van der Waals surface area contributed by atoms with Gasteiger partial charge in [0.05, 0.1) is 7.11 Å². The molecule has 5 aliphatic rings. The Hall–Kier alpha value is -1.41. The Labute approximate surface area is 185 Å². The van der Waals surface area contributed by atoms with Gasteiger partial charge in [-0.25, -0.2) is 0 Å². The fraction of sp³-hybridized carbons (Fsp3) is 0.792. The number of fused-ring (bicyclic) bond motifs is 3. The van der Waals surface area contributed by atoms with Crippen molar-refractivity contribution in [1.29, 1.82) is 0 Å². The van der Waals surface area contributed by atoms with Crippen LogP contribution in [0.3, 0.4) is 0 Å². The van der Waals surface area contributed by atoms with E-state index in [-0.39, 0.29) is 18.1 Å². The van der Waals surface area contributed by atoms with Crippen molar-refractivity contribution in [2.24, 2.45) is 5.92 Å². The summed E-state index contributed by atoms with van der Waals surface area (Å²) < 4.78 is 17.4. The molecule has 0 saturated carbocycles. The molecule has 0 aromatic rings. The number of nitrogens with one attached hydrogen (secondary N) is 2. The zero-order valence-corrected chi connectivity index (χ0v) is 19.1. The van der Waals surface area contributed by atoms with Crippen LogP contribution in [0.4, 0.5) is 0 Å². The van der Waals surface area contributed by atoms with E-state index in [2.05, 4.69) is 15.5 Å². The third kappa shape index (κ3) is 4.56. The minimum Gasteiger partial charge on any atom is -0.498 e. The van der Waals surface area contributed by atoms with Crippen molar-refractivity contribution < 1.29 is 19.0 Å². The van der Waals surface area contributed by atoms with Crippen molar-refractivity contribution in [2.75, 3.05) is 26.7 Å². The molecule has 4 aliphatic heterocycles. The first-order valence-corrected chi connectivity index (χ1v) is 12.0. The first kappa shape index (κ1) is 21.4. The lowest BCUT2D eigenvalue weighted by atomic mass is 9.92. The fourth-order valence-corrected chi connectivity index (χ4v) is 6.24. The highest BCUT2D eigenvalue weighted by Gasteiger charge is 2.45. The van der Waals surface area contributed by atoms with E-state index < -0.39 is 5.79 Å². The topological polar surface area (TPSA) is 72.1 Å². The van der Waals surface area contributed by atoms with Crippen LogP contribution < -0.4 is 10.6 Å². The molecule has 3 unspecified atom stereocenters. The van der Waals surface area contributed by atoms with Crippen LogP contribution in [-0.4, -0.2) is 73.7 Å². The number of methoxy groups -OCH3 is 1. The number of nitrogens with zero attached hydrogens (tertiary/aromatic N) is 1. The van der Waals surface area contributed by atoms with Gasteiger partial charge in [-0.2, -0.15) is 0 Å². The number of rotatable bonds is 6. The number of hydrogen-bond acceptors (Lipinski definition) is 6. The Morgan fingerprint density at radius 1 is 1.26 bits per heavy atom. The summed E-state index contributed by atoms with van der Waals surface area (Å²) in [6.07, 6.45) is 10.8. The van der Waals surface area contributed by atoms with Crippen LogP contribution in [0.5, 0.6) is 0 Å². The molecule has 0 aromatic carbocycles. The summed E-state index contributed by atoms with van der Waals surface area (Å²) in [6, 6.07) is 1.91. The second-order valence-electron chi connectivity index (χ2n) is 10.4. The lowest BCUT2D eigenvalue weighted by Crippen LogP contribution is -2.46. The van der Waals surface area contributed by atoms with E-state index in [1.807, 2.05) is 19.9 Å². The van der Waals surface area contributed by atoms with Crippen LogP contribution in [0, 0.1) is 5.92 Å². The number of amides is 1. The monoisotopic (exact) mass is 431 g/mol. The molecule has 172 valence electrons. The summed E-state index contributed by atoms with van der Waals surface area (Å²) in [5.41, 5.74) is 0.596. The predicted molar refractivity (Wildman–Crippen MR) is 117 cm³/mol. The SMILES string of the molecule is COC1=CC(C(=O)NC[C@@H]2CCCN2CC2C[C@H]3CC[C@@H](C2)N3)=CC2OC(C)(C)OC12. The molecule has 0 radical (unpaired) electrons. The fourth-order valence-electron chi connectivity index (χ4n) is 6.24. The first-order valence-electron chi connectivity index (χ1n) is 12.0. The molecule has 0 spiro atoms. The van der Waals surface area contributed by atoms with E-state index in [0.29, 0.717) is 23.9 Å². The van der Waals surface area contributed by atoms with Gasteiger partial charge in [-0.15, -0.1) is 0 Å². The number of carbonyl (C=O) groups excluding carboxylic acids is 1. The number of piperidine rings is 1. The Morgan fingerprint density at radius 2 is 2.03 bits per heavy atom. The maximum absolute atomic E-state index is 13.0. The maximum Gasteiger partial charge on any atom is 0.251 e. The van der Waals surface area contributed by atoms with Gasteiger partial charge < -0.3 is 24.8 Å². The summed E-state index contributed by atoms with van der Waals surface area (Å²) in [5.74, 6) is 0.691. The van der Waals surface area contributed by atoms with E-state index in [1.165, 1.54) is 38.6 Å². The molecule has 2 bridgehead atoms. The Kier molecular flexibility index (Phi) is 5.88. The van der Waals surface area contributed by atoms with E-state index in [0.717, 1.165) is 31.0 Å². The molecule has 4 heterocycles. The van der Waals surface area contributed by atoms with Gasteiger partial charge in [0.2, 0.25) is 0 Å². The van der Waals surface area contributed by atoms with Crippen molar-refractivity contribution in [1.82, 2.24) is 15.5 Å². The first-order chi connectivity index (χ1) is 14.9. The highest BCUT2D eigenvalue weighted by Crippen LogP contribution is 2.36. The van der Waals surface area contributed by atoms with Gasteiger partial charge in [0.1, 0.15) is 18.0 Å². The smallest absolute Gasteiger partial charge is 0.251 e. The average molecular weight is 432 g/mol. The summed E-state index contributed by atoms with van der Waals surface area (Å²) in [4.78, 5) is 15.6. The number of ether oxygens (including phenoxy) is 3. The highest BCUT2D eigenvalue weighted by atomic mass is 16.8. The van der Waals surface area contributed by atoms with Gasteiger partial charge in [-0.05, 0) is 77.0 Å². The van der Waals surface area contributed by atoms with E-state index in [4.69, 9.17) is 14.2 Å². The van der Waals surface area contributed by atoms with Gasteiger partial charge in [0, 0.05) is 36.8 Å². The number of hydrogen-bond donors (Lipinski definition) is 2. The number of likely N-dealkylation sites (tertiary alicyclic amines) is 1. The Balaban J connectivity index is 1.17. The molecule has 7 heteroatoms. The molecule has 4 saturated heterocycles. The van der Waals surface area contributed by atoms with Crippen LogP contribution >= 0.6 is 0 Å². The molecule has 4 fully saturated rings. The quantitative estimate of drug-likeness (QED) is 0.671. The maximum atomic E-state index is 13.0. The average Bonchev–Trinajstić information content (AvgIpc) is 3.40. The third-order valence-electron chi connectivity index (χ3n) is 7.61. The standard InChI is InChI=1S/C24H37N3O4/c1-24(2)30-21-12-16(11-20(29-3)22(21)31-24)23(28)25-13-19-5-4-8-27(19)14-15-9-17-6-7-18(10-15)26-17/h11-12,15,17-19,21-22,26H,4-10,13-14H2,1-3H3,(H,25,28)/t15?,17-,18+,19-,21?,22?/m0/s1. The zero-order chi connectivity index (χ0) is 21.6.